The van der Waals surface area contributed by atoms with E-state index in [4.69, 9.17) is 9.97 Å². The molecule has 2 fully saturated rings. The maximum atomic E-state index is 15.4. The smallest absolute Gasteiger partial charge is 0.369 e. The number of piperazine rings is 1. The summed E-state index contributed by atoms with van der Waals surface area (Å²) in [7, 11) is 0. The number of rotatable bonds is 9. The Bertz CT molecular complexity index is 2710. The number of pyridine rings is 1. The Balaban J connectivity index is 1.07. The van der Waals surface area contributed by atoms with Crippen LogP contribution in [0.15, 0.2) is 66.7 Å². The zero-order valence-corrected chi connectivity index (χ0v) is 32.2. The number of thiazole rings is 1. The van der Waals surface area contributed by atoms with Gasteiger partial charge in [-0.05, 0) is 84.0 Å². The van der Waals surface area contributed by atoms with E-state index in [1.165, 1.54) is 11.3 Å². The van der Waals surface area contributed by atoms with Crippen molar-refractivity contribution in [2.24, 2.45) is 5.92 Å². The van der Waals surface area contributed by atoms with E-state index in [-0.39, 0.29) is 35.7 Å². The molecule has 0 spiro atoms. The normalized spacial score (nSPS) is 19.5. The lowest BCUT2D eigenvalue weighted by atomic mass is 9.93. The number of benzene rings is 3. The van der Waals surface area contributed by atoms with E-state index in [2.05, 4.69) is 25.9 Å². The van der Waals surface area contributed by atoms with Crippen LogP contribution in [0.5, 0.6) is 0 Å². The molecule has 10 rings (SSSR count). The van der Waals surface area contributed by atoms with Crippen LogP contribution >= 0.6 is 11.3 Å². The zero-order valence-electron chi connectivity index (χ0n) is 31.3. The van der Waals surface area contributed by atoms with Crippen LogP contribution in [-0.4, -0.2) is 57.7 Å². The number of hydrogen-bond acceptors (Lipinski definition) is 8. The molecule has 2 aliphatic carbocycles. The SMILES string of the molecule is O=C(Cn1nc(C(F)(F)F)c2c1C(F)(F)[C@@H]1C[C@H]21)N[C@@H](Cc1cc(F)cc(F)c1)c1nc2nc(-c3ccc(N4CCNCC4)cc3)sc2cc1-c1ccc2c(c1)C(=O)NC2. The predicted octanol–water partition coefficient (Wildman–Crippen LogP) is 7.48. The standard InChI is InChI=1S/C42H33F7N8O2S/c43-24-11-20(12-25(44)15-24)13-31(52-33(58)19-57-37-34(36(55-57)42(47,48)49)29-16-30(29)41(37,45)46)35-27(22-1-2-23-18-51-39(59)28(23)14-22)17-32-38(53-35)54-40(60-32)21-3-5-26(6-4-21)56-9-7-50-8-10-56/h1-6,11-12,14-15,17,29-31,50H,7-10,13,16,18-19H2,(H,51,59)(H,52,58)/t29-,30+,31-/m0/s1. The summed E-state index contributed by atoms with van der Waals surface area (Å²) in [5.74, 6) is -9.06. The molecule has 6 aromatic rings. The van der Waals surface area contributed by atoms with E-state index in [0.29, 0.717) is 43.7 Å². The fourth-order valence-electron chi connectivity index (χ4n) is 8.77. The fraction of sp³-hybridized carbons (Fsp3) is 0.310. The number of alkyl halides is 5. The van der Waals surface area contributed by atoms with Crippen LogP contribution < -0.4 is 20.9 Å². The number of carbonyl (C=O) groups is 2. The van der Waals surface area contributed by atoms with E-state index >= 15 is 8.78 Å². The van der Waals surface area contributed by atoms with E-state index in [0.717, 1.165) is 55.1 Å². The molecule has 4 aliphatic rings. The van der Waals surface area contributed by atoms with Crippen LogP contribution in [0, 0.1) is 17.6 Å². The summed E-state index contributed by atoms with van der Waals surface area (Å²) >= 11 is 1.35. The molecule has 3 atom stereocenters. The zero-order chi connectivity index (χ0) is 41.7. The third kappa shape index (κ3) is 6.74. The lowest BCUT2D eigenvalue weighted by molar-refractivity contribution is -0.142. The van der Waals surface area contributed by atoms with Crippen molar-refractivity contribution >= 4 is 39.2 Å². The van der Waals surface area contributed by atoms with Gasteiger partial charge in [-0.15, -0.1) is 11.3 Å². The molecule has 3 aromatic heterocycles. The van der Waals surface area contributed by atoms with Gasteiger partial charge in [0, 0.05) is 72.6 Å². The van der Waals surface area contributed by atoms with Crippen molar-refractivity contribution < 1.29 is 40.3 Å². The van der Waals surface area contributed by atoms with E-state index in [1.807, 2.05) is 24.3 Å². The first-order valence-corrected chi connectivity index (χ1v) is 20.1. The number of carbonyl (C=O) groups excluding carboxylic acids is 2. The van der Waals surface area contributed by atoms with Crippen molar-refractivity contribution in [2.45, 2.75) is 50.0 Å². The molecular formula is C42H33F7N8O2S. The summed E-state index contributed by atoms with van der Waals surface area (Å²) in [6, 6.07) is 16.5. The number of nitrogens with one attached hydrogen (secondary N) is 3. The average molecular weight is 847 g/mol. The molecule has 0 radical (unpaired) electrons. The lowest BCUT2D eigenvalue weighted by Crippen LogP contribution is -2.43. The molecule has 2 amide bonds. The molecule has 3 N–H and O–H groups in total. The van der Waals surface area contributed by atoms with Crippen molar-refractivity contribution in [2.75, 3.05) is 31.1 Å². The minimum atomic E-state index is -5.04. The highest BCUT2D eigenvalue weighted by Gasteiger charge is 2.68. The first-order valence-electron chi connectivity index (χ1n) is 19.3. The van der Waals surface area contributed by atoms with Gasteiger partial charge in [-0.25, -0.2) is 18.7 Å². The third-order valence-electron chi connectivity index (χ3n) is 11.6. The monoisotopic (exact) mass is 846 g/mol. The van der Waals surface area contributed by atoms with Gasteiger partial charge in [0.25, 0.3) is 11.8 Å². The Hall–Kier alpha value is -5.88. The van der Waals surface area contributed by atoms with Gasteiger partial charge in [0.05, 0.1) is 16.4 Å². The molecule has 10 nitrogen and oxygen atoms in total. The molecule has 0 unspecified atom stereocenters. The Kier molecular flexibility index (Phi) is 9.02. The predicted molar refractivity (Wildman–Crippen MR) is 207 cm³/mol. The number of nitrogens with zero attached hydrogens (tertiary/aromatic N) is 5. The quantitative estimate of drug-likeness (QED) is 0.129. The molecule has 1 saturated carbocycles. The summed E-state index contributed by atoms with van der Waals surface area (Å²) in [6.45, 7) is 2.80. The summed E-state index contributed by atoms with van der Waals surface area (Å²) in [6.07, 6.45) is -5.44. The average Bonchev–Trinajstić information content (AvgIpc) is 3.44. The third-order valence-corrected chi connectivity index (χ3v) is 12.7. The number of anilines is 1. The molecular weight excluding hydrogens is 814 g/mol. The van der Waals surface area contributed by atoms with Gasteiger partial charge in [-0.2, -0.15) is 27.1 Å². The summed E-state index contributed by atoms with van der Waals surface area (Å²) in [5, 5.41) is 13.0. The number of hydrogen-bond donors (Lipinski definition) is 3. The molecule has 60 heavy (non-hydrogen) atoms. The largest absolute Gasteiger partial charge is 0.435 e. The van der Waals surface area contributed by atoms with Crippen LogP contribution in [0.25, 0.3) is 32.0 Å². The number of aromatic nitrogens is 4. The maximum absolute atomic E-state index is 15.4. The van der Waals surface area contributed by atoms with Crippen LogP contribution in [0.2, 0.25) is 0 Å². The molecule has 0 bridgehead atoms. The minimum absolute atomic E-state index is 0.0912. The number of fused-ring (bicyclic) bond motifs is 5. The number of amides is 2. The summed E-state index contributed by atoms with van der Waals surface area (Å²) < 4.78 is 103. The maximum Gasteiger partial charge on any atom is 0.435 e. The highest BCUT2D eigenvalue weighted by Crippen LogP contribution is 2.68. The van der Waals surface area contributed by atoms with Gasteiger partial charge < -0.3 is 20.9 Å². The highest BCUT2D eigenvalue weighted by molar-refractivity contribution is 7.21. The highest BCUT2D eigenvalue weighted by atomic mass is 32.1. The summed E-state index contributed by atoms with van der Waals surface area (Å²) in [4.78, 5) is 38.8. The van der Waals surface area contributed by atoms with E-state index in [9.17, 15) is 31.5 Å². The van der Waals surface area contributed by atoms with Gasteiger partial charge in [-0.3, -0.25) is 14.3 Å². The molecule has 2 aliphatic heterocycles. The summed E-state index contributed by atoms with van der Waals surface area (Å²) in [5.41, 5.74) is 1.49. The van der Waals surface area contributed by atoms with E-state index < -0.39 is 71.0 Å². The molecule has 308 valence electrons. The first kappa shape index (κ1) is 38.3. The molecule has 3 aromatic carbocycles. The molecule has 5 heterocycles. The van der Waals surface area contributed by atoms with Crippen LogP contribution in [0.1, 0.15) is 62.5 Å². The van der Waals surface area contributed by atoms with Crippen LogP contribution in [0.3, 0.4) is 0 Å². The van der Waals surface area contributed by atoms with Crippen molar-refractivity contribution in [3.8, 4) is 21.7 Å². The van der Waals surface area contributed by atoms with Crippen molar-refractivity contribution in [1.82, 2.24) is 35.7 Å². The fourth-order valence-corrected chi connectivity index (χ4v) is 9.72. The Morgan fingerprint density at radius 1 is 0.950 bits per heavy atom. The van der Waals surface area contributed by atoms with Gasteiger partial charge in [0.15, 0.2) is 11.3 Å². The van der Waals surface area contributed by atoms with Gasteiger partial charge in [0.2, 0.25) is 5.91 Å². The second kappa shape index (κ2) is 14.1. The molecule has 1 saturated heterocycles. The number of halogens is 7. The van der Waals surface area contributed by atoms with Gasteiger partial charge >= 0.3 is 6.18 Å². The van der Waals surface area contributed by atoms with Crippen molar-refractivity contribution in [1.29, 1.82) is 0 Å². The van der Waals surface area contributed by atoms with E-state index in [1.54, 1.807) is 24.3 Å². The minimum Gasteiger partial charge on any atom is -0.369 e. The second-order valence-corrected chi connectivity index (χ2v) is 16.6. The Morgan fingerprint density at radius 2 is 1.68 bits per heavy atom. The second-order valence-electron chi connectivity index (χ2n) is 15.5. The Labute approximate surface area is 340 Å². The van der Waals surface area contributed by atoms with Crippen LogP contribution in [-0.2, 0) is 36.4 Å². The lowest BCUT2D eigenvalue weighted by Gasteiger charge is -2.29. The topological polar surface area (TPSA) is 117 Å². The van der Waals surface area contributed by atoms with Crippen molar-refractivity contribution in [3.63, 3.8) is 0 Å². The van der Waals surface area contributed by atoms with Crippen molar-refractivity contribution in [3.05, 3.63) is 118 Å². The molecule has 18 heteroatoms. The van der Waals surface area contributed by atoms with Gasteiger partial charge in [-0.1, -0.05) is 12.1 Å². The van der Waals surface area contributed by atoms with Crippen LogP contribution in [0.4, 0.5) is 36.4 Å². The first-order chi connectivity index (χ1) is 28.7. The van der Waals surface area contributed by atoms with Gasteiger partial charge in [0.1, 0.15) is 28.9 Å². The Morgan fingerprint density at radius 3 is 2.42 bits per heavy atom.